The van der Waals surface area contributed by atoms with Crippen molar-refractivity contribution in [3.8, 4) is 44.5 Å². The summed E-state index contributed by atoms with van der Waals surface area (Å²) in [6.45, 7) is 13.7. The molecule has 0 saturated heterocycles. The van der Waals surface area contributed by atoms with Crippen LogP contribution in [0.4, 0.5) is 45.5 Å². The van der Waals surface area contributed by atoms with Crippen molar-refractivity contribution in [2.75, 3.05) is 14.6 Å². The fourth-order valence-corrected chi connectivity index (χ4v) is 14.3. The van der Waals surface area contributed by atoms with Crippen LogP contribution < -0.4 is 25.5 Å². The third-order valence-corrected chi connectivity index (χ3v) is 18.5. The second-order valence-electron chi connectivity index (χ2n) is 24.5. The number of benzene rings is 12. The molecule has 0 amide bonds. The third-order valence-electron chi connectivity index (χ3n) is 17.3. The largest absolute Gasteiger partial charge is 0.376 e. The van der Waals surface area contributed by atoms with Gasteiger partial charge in [-0.15, -0.1) is 11.3 Å². The number of fused-ring (bicyclic) bond motifs is 10. The van der Waals surface area contributed by atoms with Crippen LogP contribution in [0.2, 0.25) is 0 Å². The maximum absolute atomic E-state index is 2.69. The number of hydrogen-bond donors (Lipinski definition) is 0. The van der Waals surface area contributed by atoms with Crippen LogP contribution in [0.25, 0.3) is 75.5 Å². The Morgan fingerprint density at radius 1 is 0.373 bits per heavy atom. The summed E-state index contributed by atoms with van der Waals surface area (Å²) in [4.78, 5) is 7.78. The van der Waals surface area contributed by atoms with Gasteiger partial charge >= 0.3 is 6.85 Å². The van der Waals surface area contributed by atoms with Crippen LogP contribution in [0.1, 0.15) is 52.7 Å². The first-order valence-corrected chi connectivity index (χ1v) is 29.9. The molecule has 12 aromatic carbocycles. The SMILES string of the molecule is CC(C)(C)c1ccc(N2B3c4ccc(N(c5ccc(-c6ccccc6)cc5)c5ccc(-c6ccccc6)cc5)cc4N(c4ccc(C(C)(C)C)cc4-c4ccccc4)c4cc5ccccc5c(c43)-c3c2ccc2sc4ccccc4c32)cc1. The Kier molecular flexibility index (Phi) is 12.0. The summed E-state index contributed by atoms with van der Waals surface area (Å²) >= 11 is 1.90. The predicted molar refractivity (Wildman–Crippen MR) is 359 cm³/mol. The van der Waals surface area contributed by atoms with E-state index in [1.54, 1.807) is 0 Å². The van der Waals surface area contributed by atoms with Gasteiger partial charge in [-0.05, 0) is 162 Å². The van der Waals surface area contributed by atoms with Crippen LogP contribution in [-0.2, 0) is 10.8 Å². The summed E-state index contributed by atoms with van der Waals surface area (Å²) in [6.07, 6.45) is 0. The molecule has 3 heterocycles. The molecular formula is C78H62BN3S. The molecular weight excluding hydrogens is 1020 g/mol. The Morgan fingerprint density at radius 3 is 1.53 bits per heavy atom. The van der Waals surface area contributed by atoms with Gasteiger partial charge in [0, 0.05) is 71.1 Å². The highest BCUT2D eigenvalue weighted by Crippen LogP contribution is 2.55. The van der Waals surface area contributed by atoms with Gasteiger partial charge in [-0.2, -0.15) is 0 Å². The minimum Gasteiger partial charge on any atom is -0.376 e. The fourth-order valence-electron chi connectivity index (χ4n) is 13.2. The maximum Gasteiger partial charge on any atom is 0.333 e. The van der Waals surface area contributed by atoms with E-state index in [-0.39, 0.29) is 17.7 Å². The minimum atomic E-state index is -0.210. The Morgan fingerprint density at radius 2 is 0.904 bits per heavy atom. The zero-order chi connectivity index (χ0) is 56.1. The molecule has 13 aromatic rings. The molecule has 0 radical (unpaired) electrons. The zero-order valence-corrected chi connectivity index (χ0v) is 48.5. The molecule has 5 heteroatoms. The number of anilines is 8. The lowest BCUT2D eigenvalue weighted by Crippen LogP contribution is -2.61. The van der Waals surface area contributed by atoms with E-state index in [0.717, 1.165) is 34.1 Å². The summed E-state index contributed by atoms with van der Waals surface area (Å²) in [6, 6.07) is 100. The molecule has 83 heavy (non-hydrogen) atoms. The van der Waals surface area contributed by atoms with E-state index in [1.807, 2.05) is 11.3 Å². The number of nitrogens with zero attached hydrogens (tertiary/aromatic N) is 3. The first-order valence-electron chi connectivity index (χ1n) is 29.1. The molecule has 0 spiro atoms. The molecule has 0 atom stereocenters. The van der Waals surface area contributed by atoms with Crippen LogP contribution in [-0.4, -0.2) is 6.85 Å². The monoisotopic (exact) mass is 1080 g/mol. The zero-order valence-electron chi connectivity index (χ0n) is 47.7. The third kappa shape index (κ3) is 8.56. The van der Waals surface area contributed by atoms with Crippen molar-refractivity contribution >= 4 is 106 Å². The van der Waals surface area contributed by atoms with Crippen LogP contribution in [0, 0.1) is 0 Å². The van der Waals surface area contributed by atoms with E-state index in [0.29, 0.717) is 0 Å². The van der Waals surface area contributed by atoms with Gasteiger partial charge in [0.1, 0.15) is 0 Å². The molecule has 0 bridgehead atoms. The molecule has 0 aliphatic carbocycles. The van der Waals surface area contributed by atoms with Crippen molar-refractivity contribution in [3.05, 3.63) is 278 Å². The van der Waals surface area contributed by atoms with Gasteiger partial charge in [0.25, 0.3) is 0 Å². The lowest BCUT2D eigenvalue weighted by atomic mass is 9.43. The topological polar surface area (TPSA) is 9.72 Å². The summed E-state index contributed by atoms with van der Waals surface area (Å²) in [5.41, 5.74) is 23.8. The molecule has 1 aromatic heterocycles. The first kappa shape index (κ1) is 50.5. The summed E-state index contributed by atoms with van der Waals surface area (Å²) in [7, 11) is 0. The molecule has 0 unspecified atom stereocenters. The lowest BCUT2D eigenvalue weighted by molar-refractivity contribution is 0.590. The van der Waals surface area contributed by atoms with Crippen LogP contribution in [0.3, 0.4) is 0 Å². The molecule has 15 rings (SSSR count). The maximum atomic E-state index is 2.69. The van der Waals surface area contributed by atoms with Crippen LogP contribution >= 0.6 is 11.3 Å². The van der Waals surface area contributed by atoms with Gasteiger partial charge < -0.3 is 14.6 Å². The number of hydrogen-bond acceptors (Lipinski definition) is 4. The highest BCUT2D eigenvalue weighted by molar-refractivity contribution is 7.26. The Bertz CT molecular complexity index is 4530. The Balaban J connectivity index is 1.05. The van der Waals surface area contributed by atoms with Crippen molar-refractivity contribution in [2.24, 2.45) is 0 Å². The van der Waals surface area contributed by atoms with Gasteiger partial charge in [0.2, 0.25) is 0 Å². The Labute approximate surface area is 492 Å². The molecule has 0 saturated carbocycles. The summed E-state index contributed by atoms with van der Waals surface area (Å²) < 4.78 is 2.59. The van der Waals surface area contributed by atoms with E-state index in [1.165, 1.54) is 109 Å². The van der Waals surface area contributed by atoms with Crippen molar-refractivity contribution in [2.45, 2.75) is 52.4 Å². The Hall–Kier alpha value is -9.42. The average molecular weight is 1080 g/mol. The van der Waals surface area contributed by atoms with Gasteiger partial charge in [0.15, 0.2) is 0 Å². The molecule has 0 N–H and O–H groups in total. The van der Waals surface area contributed by atoms with Gasteiger partial charge in [-0.25, -0.2) is 0 Å². The highest BCUT2D eigenvalue weighted by atomic mass is 32.1. The second kappa shape index (κ2) is 19.6. The van der Waals surface area contributed by atoms with Gasteiger partial charge in [0.05, 0.1) is 5.69 Å². The van der Waals surface area contributed by atoms with Crippen molar-refractivity contribution in [3.63, 3.8) is 0 Å². The lowest BCUT2D eigenvalue weighted by Gasteiger charge is -2.47. The summed E-state index contributed by atoms with van der Waals surface area (Å²) in [5, 5.41) is 5.08. The van der Waals surface area contributed by atoms with Crippen molar-refractivity contribution < 1.29 is 0 Å². The average Bonchev–Trinajstić information content (AvgIpc) is 1.95. The first-order chi connectivity index (χ1) is 40.4. The van der Waals surface area contributed by atoms with E-state index < -0.39 is 0 Å². The smallest absolute Gasteiger partial charge is 0.333 e. The van der Waals surface area contributed by atoms with E-state index in [9.17, 15) is 0 Å². The molecule has 2 aliphatic heterocycles. The fraction of sp³-hybridized carbons (Fsp3) is 0.103. The van der Waals surface area contributed by atoms with Gasteiger partial charge in [-0.3, -0.25) is 0 Å². The predicted octanol–water partition coefficient (Wildman–Crippen LogP) is 21.0. The number of rotatable bonds is 8. The van der Waals surface area contributed by atoms with E-state index >= 15 is 0 Å². The van der Waals surface area contributed by atoms with Crippen LogP contribution in [0.5, 0.6) is 0 Å². The molecule has 3 nitrogen and oxygen atoms in total. The van der Waals surface area contributed by atoms with Gasteiger partial charge in [-0.1, -0.05) is 224 Å². The van der Waals surface area contributed by atoms with Crippen molar-refractivity contribution in [1.82, 2.24) is 0 Å². The van der Waals surface area contributed by atoms with E-state index in [4.69, 9.17) is 0 Å². The minimum absolute atomic E-state index is 0.0122. The molecule has 0 fully saturated rings. The standard InChI is InChI=1S/C78H62BN3S/c1-77(2,3)57-34-41-61(42-35-57)82-68-46-47-72-73(64-28-18-19-29-71(64)83-72)75(68)74-63-27-17-16-26-56(63)48-70-76(74)79(82)66-44-43-62(50-69(66)81(70)67-45-36-58(78(4,5)6)49-65(67)55-24-14-9-15-25-55)80(59-37-30-53(31-38-59)51-20-10-7-11-21-51)60-39-32-54(33-40-60)52-22-12-8-13-23-52/h7-50H,1-6H3. The van der Waals surface area contributed by atoms with E-state index in [2.05, 4.69) is 323 Å². The molecule has 2 aliphatic rings. The normalized spacial score (nSPS) is 12.9. The summed E-state index contributed by atoms with van der Waals surface area (Å²) in [5.74, 6) is 0. The number of thiophene rings is 1. The van der Waals surface area contributed by atoms with Crippen LogP contribution in [0.15, 0.2) is 267 Å². The molecule has 398 valence electrons. The second-order valence-corrected chi connectivity index (χ2v) is 25.6. The van der Waals surface area contributed by atoms with Crippen molar-refractivity contribution in [1.29, 1.82) is 0 Å². The quantitative estimate of drug-likeness (QED) is 0.140. The highest BCUT2D eigenvalue weighted by Gasteiger charge is 2.47.